The summed E-state index contributed by atoms with van der Waals surface area (Å²) in [6, 6.07) is 13.2. The van der Waals surface area contributed by atoms with E-state index in [1.54, 1.807) is 42.5 Å². The highest BCUT2D eigenvalue weighted by Crippen LogP contribution is 2.33. The second-order valence-electron chi connectivity index (χ2n) is 5.73. The van der Waals surface area contributed by atoms with E-state index in [0.29, 0.717) is 27.6 Å². The normalized spacial score (nSPS) is 11.3. The minimum atomic E-state index is -1.21. The molecule has 0 aliphatic heterocycles. The Hall–Kier alpha value is -3.26. The van der Waals surface area contributed by atoms with E-state index in [2.05, 4.69) is 15.0 Å². The van der Waals surface area contributed by atoms with Crippen LogP contribution in [0.2, 0.25) is 0 Å². The van der Waals surface area contributed by atoms with Crippen LogP contribution in [0.15, 0.2) is 53.7 Å². The van der Waals surface area contributed by atoms with Crippen molar-refractivity contribution in [3.63, 3.8) is 0 Å². The average molecular weight is 400 g/mol. The van der Waals surface area contributed by atoms with Gasteiger partial charge in [-0.25, -0.2) is 14.2 Å². The molecule has 0 fully saturated rings. The van der Waals surface area contributed by atoms with Gasteiger partial charge in [0.05, 0.1) is 4.88 Å². The van der Waals surface area contributed by atoms with Gasteiger partial charge in [-0.1, -0.05) is 41.6 Å². The maximum atomic E-state index is 14.0. The van der Waals surface area contributed by atoms with Crippen LogP contribution in [0.25, 0.3) is 10.6 Å². The van der Waals surface area contributed by atoms with Gasteiger partial charge < -0.3 is 14.7 Å². The van der Waals surface area contributed by atoms with Gasteiger partial charge in [-0.3, -0.25) is 0 Å². The predicted molar refractivity (Wildman–Crippen MR) is 104 cm³/mol. The van der Waals surface area contributed by atoms with E-state index in [4.69, 9.17) is 4.74 Å². The smallest absolute Gasteiger partial charge is 0.358 e. The van der Waals surface area contributed by atoms with Crippen LogP contribution in [-0.4, -0.2) is 28.9 Å². The van der Waals surface area contributed by atoms with Crippen LogP contribution in [0.5, 0.6) is 5.88 Å². The van der Waals surface area contributed by atoms with Crippen molar-refractivity contribution in [3.8, 4) is 16.5 Å². The zero-order valence-corrected chi connectivity index (χ0v) is 16.0. The van der Waals surface area contributed by atoms with Gasteiger partial charge in [0.1, 0.15) is 24.5 Å². The molecule has 0 spiro atoms. The van der Waals surface area contributed by atoms with Gasteiger partial charge in [0.25, 0.3) is 0 Å². The molecule has 0 atom stereocenters. The summed E-state index contributed by atoms with van der Waals surface area (Å²) >= 11 is 1.33. The number of hydrogen-bond donors (Lipinski definition) is 1. The number of nitrogens with zero attached hydrogens (tertiary/aromatic N) is 2. The van der Waals surface area contributed by atoms with Crippen molar-refractivity contribution in [3.05, 3.63) is 70.4 Å². The van der Waals surface area contributed by atoms with Crippen molar-refractivity contribution in [1.82, 2.24) is 4.98 Å². The van der Waals surface area contributed by atoms with Crippen molar-refractivity contribution in [2.45, 2.75) is 13.5 Å². The molecule has 6 nitrogen and oxygen atoms in total. The Labute approximate surface area is 164 Å². The quantitative estimate of drug-likeness (QED) is 0.473. The van der Waals surface area contributed by atoms with E-state index in [-0.39, 0.29) is 18.1 Å². The summed E-state index contributed by atoms with van der Waals surface area (Å²) in [4.78, 5) is 21.3. The molecular weight excluding hydrogens is 383 g/mol. The first kappa shape index (κ1) is 19.5. The van der Waals surface area contributed by atoms with Crippen LogP contribution < -0.4 is 4.74 Å². The number of oxime groups is 1. The Morgan fingerprint density at radius 2 is 1.93 bits per heavy atom. The first-order valence-electron chi connectivity index (χ1n) is 8.29. The number of aromatic nitrogens is 1. The van der Waals surface area contributed by atoms with Gasteiger partial charge in [-0.05, 0) is 24.6 Å². The number of aryl methyl sites for hydroxylation is 1. The molecule has 0 saturated heterocycles. The highest BCUT2D eigenvalue weighted by Gasteiger charge is 2.19. The highest BCUT2D eigenvalue weighted by atomic mass is 32.1. The molecule has 0 unspecified atom stereocenters. The molecule has 3 aromatic rings. The van der Waals surface area contributed by atoms with E-state index in [1.165, 1.54) is 24.5 Å². The van der Waals surface area contributed by atoms with Crippen molar-refractivity contribution in [2.24, 2.45) is 5.16 Å². The number of carbonyl (C=O) groups is 1. The van der Waals surface area contributed by atoms with Gasteiger partial charge in [-0.15, -0.1) is 11.3 Å². The zero-order valence-electron chi connectivity index (χ0n) is 15.2. The minimum Gasteiger partial charge on any atom is -0.476 e. The Morgan fingerprint density at radius 3 is 2.64 bits per heavy atom. The lowest BCUT2D eigenvalue weighted by Gasteiger charge is -2.10. The van der Waals surface area contributed by atoms with E-state index in [0.717, 1.165) is 4.88 Å². The first-order chi connectivity index (χ1) is 13.5. The lowest BCUT2D eigenvalue weighted by Crippen LogP contribution is -2.17. The molecule has 0 bridgehead atoms. The van der Waals surface area contributed by atoms with Crippen molar-refractivity contribution in [1.29, 1.82) is 0 Å². The van der Waals surface area contributed by atoms with Gasteiger partial charge in [0.2, 0.25) is 5.88 Å². The summed E-state index contributed by atoms with van der Waals surface area (Å²) in [5.74, 6) is -1.19. The van der Waals surface area contributed by atoms with Crippen LogP contribution in [-0.2, 0) is 16.2 Å². The molecule has 8 heteroatoms. The lowest BCUT2D eigenvalue weighted by atomic mass is 10.0. The fourth-order valence-electron chi connectivity index (χ4n) is 2.58. The highest BCUT2D eigenvalue weighted by molar-refractivity contribution is 7.15. The molecule has 1 N–H and O–H groups in total. The third kappa shape index (κ3) is 4.17. The second kappa shape index (κ2) is 8.62. The second-order valence-corrected chi connectivity index (χ2v) is 6.94. The molecule has 3 rings (SSSR count). The summed E-state index contributed by atoms with van der Waals surface area (Å²) in [6.07, 6.45) is 0. The van der Waals surface area contributed by atoms with Crippen molar-refractivity contribution in [2.75, 3.05) is 7.11 Å². The number of rotatable bonds is 7. The molecule has 0 radical (unpaired) electrons. The summed E-state index contributed by atoms with van der Waals surface area (Å²) in [5, 5.41) is 13.5. The lowest BCUT2D eigenvalue weighted by molar-refractivity contribution is -0.129. The number of hydrogen-bond acceptors (Lipinski definition) is 6. The summed E-state index contributed by atoms with van der Waals surface area (Å²) < 4.78 is 19.8. The van der Waals surface area contributed by atoms with Crippen LogP contribution >= 0.6 is 11.3 Å². The maximum Gasteiger partial charge on any atom is 0.358 e. The Kier molecular flexibility index (Phi) is 6.00. The average Bonchev–Trinajstić information content (AvgIpc) is 3.05. The molecule has 0 amide bonds. The molecule has 2 aromatic carbocycles. The standard InChI is InChI=1S/C20H17FN2O4S/c1-12-18(22-19(28-12)15-9-5-6-10-16(15)21)27-11-13-7-3-4-8-14(13)17(20(24)25)23-26-2/h3-10H,11H2,1-2H3,(H,24,25). The zero-order chi connectivity index (χ0) is 20.1. The SMILES string of the molecule is CON=C(C(=O)O)c1ccccc1COc1nc(-c2ccccc2F)sc1C. The summed E-state index contributed by atoms with van der Waals surface area (Å²) in [7, 11) is 1.28. The summed E-state index contributed by atoms with van der Waals surface area (Å²) in [5.41, 5.74) is 1.19. The molecule has 0 aliphatic carbocycles. The van der Waals surface area contributed by atoms with Crippen molar-refractivity contribution < 1.29 is 23.9 Å². The van der Waals surface area contributed by atoms with E-state index in [9.17, 15) is 14.3 Å². The number of carboxylic acid groups (broad SMARTS) is 1. The van der Waals surface area contributed by atoms with E-state index in [1.807, 2.05) is 6.92 Å². The summed E-state index contributed by atoms with van der Waals surface area (Å²) in [6.45, 7) is 1.91. The van der Waals surface area contributed by atoms with E-state index < -0.39 is 5.97 Å². The van der Waals surface area contributed by atoms with Crippen LogP contribution in [0.3, 0.4) is 0 Å². The minimum absolute atomic E-state index is 0.0769. The van der Waals surface area contributed by atoms with Crippen LogP contribution in [0.1, 0.15) is 16.0 Å². The molecule has 1 heterocycles. The largest absolute Gasteiger partial charge is 0.476 e. The fourth-order valence-corrected chi connectivity index (χ4v) is 3.47. The Balaban J connectivity index is 1.85. The number of thiazole rings is 1. The first-order valence-corrected chi connectivity index (χ1v) is 9.10. The molecule has 144 valence electrons. The molecule has 0 saturated carbocycles. The van der Waals surface area contributed by atoms with Crippen LogP contribution in [0.4, 0.5) is 4.39 Å². The molecular formula is C20H17FN2O4S. The van der Waals surface area contributed by atoms with Gasteiger partial charge in [0, 0.05) is 11.1 Å². The molecule has 0 aliphatic rings. The monoisotopic (exact) mass is 400 g/mol. The van der Waals surface area contributed by atoms with E-state index >= 15 is 0 Å². The predicted octanol–water partition coefficient (Wildman–Crippen LogP) is 4.27. The molecule has 28 heavy (non-hydrogen) atoms. The van der Waals surface area contributed by atoms with Gasteiger partial charge in [0.15, 0.2) is 5.71 Å². The number of ether oxygens (including phenoxy) is 1. The molecule has 1 aromatic heterocycles. The maximum absolute atomic E-state index is 14.0. The van der Waals surface area contributed by atoms with Crippen LogP contribution in [0, 0.1) is 12.7 Å². The Morgan fingerprint density at radius 1 is 1.21 bits per heavy atom. The number of halogens is 1. The number of aliphatic carboxylic acids is 1. The number of carboxylic acids is 1. The number of benzene rings is 2. The van der Waals surface area contributed by atoms with Gasteiger partial charge >= 0.3 is 5.97 Å². The third-order valence-electron chi connectivity index (χ3n) is 3.88. The van der Waals surface area contributed by atoms with Gasteiger partial charge in [-0.2, -0.15) is 0 Å². The Bertz CT molecular complexity index is 1030. The fraction of sp³-hybridized carbons (Fsp3) is 0.150. The third-order valence-corrected chi connectivity index (χ3v) is 4.87. The van der Waals surface area contributed by atoms with Crippen molar-refractivity contribution >= 4 is 23.0 Å². The topological polar surface area (TPSA) is 81.0 Å².